The molecule has 1 aromatic carbocycles. The van der Waals surface area contributed by atoms with E-state index in [0.29, 0.717) is 5.69 Å². The number of anilines is 1. The Morgan fingerprint density at radius 2 is 1.88 bits per heavy atom. The van der Waals surface area contributed by atoms with Crippen LogP contribution in [0.3, 0.4) is 0 Å². The lowest BCUT2D eigenvalue weighted by atomic mass is 9.95. The van der Waals surface area contributed by atoms with Crippen molar-refractivity contribution in [3.05, 3.63) is 28.8 Å². The molecule has 1 rings (SSSR count). The van der Waals surface area contributed by atoms with Crippen molar-refractivity contribution in [2.75, 3.05) is 5.32 Å². The van der Waals surface area contributed by atoms with E-state index in [9.17, 15) is 9.59 Å². The van der Waals surface area contributed by atoms with Gasteiger partial charge in [0.1, 0.15) is 0 Å². The van der Waals surface area contributed by atoms with Crippen molar-refractivity contribution >= 4 is 29.2 Å². The van der Waals surface area contributed by atoms with Crippen molar-refractivity contribution in [2.45, 2.75) is 20.8 Å². The van der Waals surface area contributed by atoms with Gasteiger partial charge in [-0.05, 0) is 18.2 Å². The van der Waals surface area contributed by atoms with Crippen LogP contribution in [0.25, 0.3) is 0 Å². The molecule has 4 nitrogen and oxygen atoms in total. The second-order valence-corrected chi connectivity index (χ2v) is 5.11. The molecule has 0 saturated heterocycles. The lowest BCUT2D eigenvalue weighted by Gasteiger charge is -2.17. The molecule has 0 aliphatic carbocycles. The number of rotatable bonds is 2. The molecule has 5 heteroatoms. The van der Waals surface area contributed by atoms with Gasteiger partial charge >= 0.3 is 5.97 Å². The molecule has 0 aliphatic rings. The third-order valence-corrected chi connectivity index (χ3v) is 2.47. The number of benzene rings is 1. The molecule has 0 radical (unpaired) electrons. The molecule has 17 heavy (non-hydrogen) atoms. The molecule has 0 atom stereocenters. The minimum Gasteiger partial charge on any atom is -0.478 e. The number of hydrogen-bond acceptors (Lipinski definition) is 2. The number of carbonyl (C=O) groups is 2. The van der Waals surface area contributed by atoms with Gasteiger partial charge in [0.2, 0.25) is 5.91 Å². The zero-order valence-corrected chi connectivity index (χ0v) is 10.6. The number of amides is 1. The first-order valence-corrected chi connectivity index (χ1v) is 5.44. The number of carboxylic acids is 1. The van der Waals surface area contributed by atoms with Crippen molar-refractivity contribution in [3.63, 3.8) is 0 Å². The number of nitrogens with one attached hydrogen (secondary N) is 1. The topological polar surface area (TPSA) is 66.4 Å². The van der Waals surface area contributed by atoms with Gasteiger partial charge in [-0.25, -0.2) is 4.79 Å². The molecule has 1 aromatic rings. The van der Waals surface area contributed by atoms with Gasteiger partial charge in [-0.15, -0.1) is 0 Å². The summed E-state index contributed by atoms with van der Waals surface area (Å²) >= 11 is 5.72. The van der Waals surface area contributed by atoms with Gasteiger partial charge in [-0.1, -0.05) is 32.4 Å². The standard InChI is InChI=1S/C12H14ClNO3/c1-12(2,3)11(17)14-7-4-5-9(13)8(6-7)10(15)16/h4-6H,1-3H3,(H,14,17)(H,15,16). The van der Waals surface area contributed by atoms with Crippen LogP contribution in [0.15, 0.2) is 18.2 Å². The Morgan fingerprint density at radius 1 is 1.29 bits per heavy atom. The predicted octanol–water partition coefficient (Wildman–Crippen LogP) is 3.02. The molecule has 0 fully saturated rings. The summed E-state index contributed by atoms with van der Waals surface area (Å²) in [6.07, 6.45) is 0. The lowest BCUT2D eigenvalue weighted by molar-refractivity contribution is -0.123. The first-order chi connectivity index (χ1) is 7.71. The molecule has 0 aromatic heterocycles. The van der Waals surface area contributed by atoms with E-state index in [1.54, 1.807) is 26.8 Å². The number of hydrogen-bond donors (Lipinski definition) is 2. The molecular weight excluding hydrogens is 242 g/mol. The van der Waals surface area contributed by atoms with Gasteiger partial charge in [-0.2, -0.15) is 0 Å². The third-order valence-electron chi connectivity index (χ3n) is 2.14. The Hall–Kier alpha value is -1.55. The van der Waals surface area contributed by atoms with E-state index in [2.05, 4.69) is 5.32 Å². The van der Waals surface area contributed by atoms with E-state index in [0.717, 1.165) is 0 Å². The van der Waals surface area contributed by atoms with Crippen LogP contribution in [0.5, 0.6) is 0 Å². The van der Waals surface area contributed by atoms with Crippen LogP contribution in [-0.4, -0.2) is 17.0 Å². The SMILES string of the molecule is CC(C)(C)C(=O)Nc1ccc(Cl)c(C(=O)O)c1. The Balaban J connectivity index is 2.98. The lowest BCUT2D eigenvalue weighted by Crippen LogP contribution is -2.27. The molecule has 2 N–H and O–H groups in total. The van der Waals surface area contributed by atoms with Crippen LogP contribution >= 0.6 is 11.6 Å². The molecule has 1 amide bonds. The van der Waals surface area contributed by atoms with E-state index >= 15 is 0 Å². The van der Waals surface area contributed by atoms with Crippen molar-refractivity contribution < 1.29 is 14.7 Å². The zero-order chi connectivity index (χ0) is 13.2. The number of halogens is 1. The quantitative estimate of drug-likeness (QED) is 0.854. The van der Waals surface area contributed by atoms with E-state index in [-0.39, 0.29) is 16.5 Å². The van der Waals surface area contributed by atoms with E-state index < -0.39 is 11.4 Å². The Morgan fingerprint density at radius 3 is 2.35 bits per heavy atom. The predicted molar refractivity (Wildman–Crippen MR) is 66.5 cm³/mol. The third kappa shape index (κ3) is 3.46. The first-order valence-electron chi connectivity index (χ1n) is 5.06. The Bertz CT molecular complexity index is 463. The summed E-state index contributed by atoms with van der Waals surface area (Å²) in [6.45, 7) is 5.32. The van der Waals surface area contributed by atoms with Crippen LogP contribution in [0.2, 0.25) is 5.02 Å². The maximum Gasteiger partial charge on any atom is 0.337 e. The van der Waals surface area contributed by atoms with Crippen LogP contribution in [0.4, 0.5) is 5.69 Å². The summed E-state index contributed by atoms with van der Waals surface area (Å²) in [6, 6.07) is 4.36. The highest BCUT2D eigenvalue weighted by Gasteiger charge is 2.21. The highest BCUT2D eigenvalue weighted by molar-refractivity contribution is 6.33. The summed E-state index contributed by atoms with van der Waals surface area (Å²) in [7, 11) is 0. The van der Waals surface area contributed by atoms with Crippen molar-refractivity contribution in [3.8, 4) is 0 Å². The highest BCUT2D eigenvalue weighted by Crippen LogP contribution is 2.22. The van der Waals surface area contributed by atoms with Crippen LogP contribution < -0.4 is 5.32 Å². The van der Waals surface area contributed by atoms with Gasteiger partial charge in [0, 0.05) is 11.1 Å². The van der Waals surface area contributed by atoms with Gasteiger partial charge in [0.15, 0.2) is 0 Å². The van der Waals surface area contributed by atoms with Gasteiger partial charge in [0.05, 0.1) is 10.6 Å². The molecule has 0 heterocycles. The summed E-state index contributed by atoms with van der Waals surface area (Å²) in [4.78, 5) is 22.6. The van der Waals surface area contributed by atoms with Crippen LogP contribution in [-0.2, 0) is 4.79 Å². The van der Waals surface area contributed by atoms with E-state index in [1.807, 2.05) is 0 Å². The summed E-state index contributed by atoms with van der Waals surface area (Å²) in [5.74, 6) is -1.31. The fourth-order valence-corrected chi connectivity index (χ4v) is 1.28. The average Bonchev–Trinajstić information content (AvgIpc) is 2.19. The minimum atomic E-state index is -1.12. The molecule has 0 unspecified atom stereocenters. The monoisotopic (exact) mass is 255 g/mol. The minimum absolute atomic E-state index is 0.0293. The molecule has 0 bridgehead atoms. The fourth-order valence-electron chi connectivity index (χ4n) is 1.09. The van der Waals surface area contributed by atoms with Crippen LogP contribution in [0.1, 0.15) is 31.1 Å². The zero-order valence-electron chi connectivity index (χ0n) is 9.87. The number of carboxylic acid groups (broad SMARTS) is 1. The number of aromatic carboxylic acids is 1. The molecular formula is C12H14ClNO3. The largest absolute Gasteiger partial charge is 0.478 e. The van der Waals surface area contributed by atoms with Crippen molar-refractivity contribution in [2.24, 2.45) is 5.41 Å². The van der Waals surface area contributed by atoms with E-state index in [1.165, 1.54) is 12.1 Å². The molecule has 0 spiro atoms. The van der Waals surface area contributed by atoms with Crippen molar-refractivity contribution in [1.82, 2.24) is 0 Å². The summed E-state index contributed by atoms with van der Waals surface area (Å²) in [5, 5.41) is 11.7. The summed E-state index contributed by atoms with van der Waals surface area (Å²) < 4.78 is 0. The number of carbonyl (C=O) groups excluding carboxylic acids is 1. The first kappa shape index (κ1) is 13.5. The Labute approximate surface area is 105 Å². The van der Waals surface area contributed by atoms with Gasteiger partial charge in [0.25, 0.3) is 0 Å². The Kier molecular flexibility index (Phi) is 3.78. The molecule has 92 valence electrons. The molecule has 0 saturated carbocycles. The van der Waals surface area contributed by atoms with Crippen LogP contribution in [0, 0.1) is 5.41 Å². The van der Waals surface area contributed by atoms with Gasteiger partial charge < -0.3 is 10.4 Å². The normalized spacial score (nSPS) is 11.1. The van der Waals surface area contributed by atoms with Crippen molar-refractivity contribution in [1.29, 1.82) is 0 Å². The maximum absolute atomic E-state index is 11.7. The fraction of sp³-hybridized carbons (Fsp3) is 0.333. The second-order valence-electron chi connectivity index (χ2n) is 4.70. The smallest absolute Gasteiger partial charge is 0.337 e. The van der Waals surface area contributed by atoms with Gasteiger partial charge in [-0.3, -0.25) is 4.79 Å². The second kappa shape index (κ2) is 4.75. The maximum atomic E-state index is 11.7. The van der Waals surface area contributed by atoms with E-state index in [4.69, 9.17) is 16.7 Å². The summed E-state index contributed by atoms with van der Waals surface area (Å²) in [5.41, 5.74) is -0.145. The highest BCUT2D eigenvalue weighted by atomic mass is 35.5. The molecule has 0 aliphatic heterocycles. The average molecular weight is 256 g/mol.